The monoisotopic (exact) mass is 649 g/mol. The summed E-state index contributed by atoms with van der Waals surface area (Å²) in [6.45, 7) is 4.51. The number of ketones is 2. The van der Waals surface area contributed by atoms with E-state index in [0.717, 1.165) is 5.56 Å². The number of hydrogen-bond donors (Lipinski definition) is 4. The van der Waals surface area contributed by atoms with E-state index in [2.05, 4.69) is 10.6 Å². The first-order valence-corrected chi connectivity index (χ1v) is 16.3. The summed E-state index contributed by atoms with van der Waals surface area (Å²) in [5, 5.41) is 24.6. The predicted octanol–water partition coefficient (Wildman–Crippen LogP) is 3.29. The highest BCUT2D eigenvalue weighted by molar-refractivity contribution is 5.96. The molecule has 0 aliphatic carbocycles. The zero-order valence-electron chi connectivity index (χ0n) is 27.4. The van der Waals surface area contributed by atoms with E-state index in [1.54, 1.807) is 42.3 Å². The van der Waals surface area contributed by atoms with E-state index in [9.17, 15) is 39.0 Å². The van der Waals surface area contributed by atoms with Gasteiger partial charge in [-0.15, -0.1) is 0 Å². The Morgan fingerprint density at radius 1 is 0.809 bits per heavy atom. The minimum absolute atomic E-state index is 0.0585. The standard InChI is InChI=1S/C36H47N3O8/c1-23(2)17-29(37-3)35(45)39-16-10-15-30(39)32(41)20-26(18-24-11-6-4-7-12-24)34(44)38-28(19-25-13-8-5-9-14-25)31(40)21-27(36(46)47)22-33(42)43/h4-9,11-14,23,26-30,37H,10,15-22H2,1-3H3,(H,38,44)(H,42,43)(H,46,47)/t26?,27-,28-,29-,30-/m0/s1. The molecule has 1 unspecified atom stereocenters. The van der Waals surface area contributed by atoms with Gasteiger partial charge < -0.3 is 25.7 Å². The van der Waals surface area contributed by atoms with Crippen LogP contribution in [-0.2, 0) is 41.6 Å². The molecular formula is C36H47N3O8. The van der Waals surface area contributed by atoms with Gasteiger partial charge in [-0.05, 0) is 56.2 Å². The topological polar surface area (TPSA) is 170 Å². The van der Waals surface area contributed by atoms with Gasteiger partial charge in [0.25, 0.3) is 0 Å². The van der Waals surface area contributed by atoms with Gasteiger partial charge in [0.1, 0.15) is 0 Å². The first-order valence-electron chi connectivity index (χ1n) is 16.3. The number of rotatable bonds is 19. The molecule has 2 amide bonds. The Balaban J connectivity index is 1.86. The molecule has 11 nitrogen and oxygen atoms in total. The smallest absolute Gasteiger partial charge is 0.307 e. The van der Waals surface area contributed by atoms with Gasteiger partial charge in [0.05, 0.1) is 30.5 Å². The number of Topliss-reactive ketones (excluding diaryl/α,β-unsaturated/α-hetero) is 2. The molecule has 0 bridgehead atoms. The third-order valence-corrected chi connectivity index (χ3v) is 8.61. The number of amides is 2. The third kappa shape index (κ3) is 11.4. The maximum atomic E-state index is 14.0. The molecule has 1 heterocycles. The van der Waals surface area contributed by atoms with Crippen molar-refractivity contribution in [3.05, 3.63) is 71.8 Å². The van der Waals surface area contributed by atoms with Crippen molar-refractivity contribution in [1.29, 1.82) is 0 Å². The van der Waals surface area contributed by atoms with Crippen LogP contribution in [0.3, 0.4) is 0 Å². The summed E-state index contributed by atoms with van der Waals surface area (Å²) in [6.07, 6.45) is 0.578. The van der Waals surface area contributed by atoms with Crippen molar-refractivity contribution in [2.45, 2.75) is 83.3 Å². The molecule has 1 aliphatic rings. The number of carbonyl (C=O) groups excluding carboxylic acids is 4. The average molecular weight is 650 g/mol. The van der Waals surface area contributed by atoms with Gasteiger partial charge in [-0.1, -0.05) is 74.5 Å². The Morgan fingerprint density at radius 2 is 1.40 bits per heavy atom. The van der Waals surface area contributed by atoms with Crippen LogP contribution in [0, 0.1) is 17.8 Å². The highest BCUT2D eigenvalue weighted by Crippen LogP contribution is 2.25. The van der Waals surface area contributed by atoms with Gasteiger partial charge in [0.2, 0.25) is 11.8 Å². The van der Waals surface area contributed by atoms with Crippen molar-refractivity contribution < 1.29 is 39.0 Å². The number of nitrogens with one attached hydrogen (secondary N) is 2. The molecule has 4 N–H and O–H groups in total. The second-order valence-electron chi connectivity index (χ2n) is 12.8. The molecular weight excluding hydrogens is 602 g/mol. The van der Waals surface area contributed by atoms with Gasteiger partial charge in [-0.3, -0.25) is 28.8 Å². The second kappa shape index (κ2) is 18.1. The van der Waals surface area contributed by atoms with Crippen molar-refractivity contribution in [2.24, 2.45) is 17.8 Å². The van der Waals surface area contributed by atoms with E-state index in [0.29, 0.717) is 31.4 Å². The molecule has 3 rings (SSSR count). The first-order chi connectivity index (χ1) is 22.4. The maximum Gasteiger partial charge on any atom is 0.307 e. The number of likely N-dealkylation sites (N-methyl/N-ethyl adjacent to an activating group) is 1. The van der Waals surface area contributed by atoms with Crippen LogP contribution in [0.5, 0.6) is 0 Å². The van der Waals surface area contributed by atoms with Gasteiger partial charge in [-0.25, -0.2) is 0 Å². The molecule has 0 saturated carbocycles. The number of likely N-dealkylation sites (tertiary alicyclic amines) is 1. The van der Waals surface area contributed by atoms with Crippen LogP contribution in [0.1, 0.15) is 63.5 Å². The Kier molecular flexibility index (Phi) is 14.3. The molecule has 1 aliphatic heterocycles. The van der Waals surface area contributed by atoms with Crippen LogP contribution in [0.4, 0.5) is 0 Å². The van der Waals surface area contributed by atoms with E-state index in [1.807, 2.05) is 44.2 Å². The number of aliphatic carboxylic acids is 2. The lowest BCUT2D eigenvalue weighted by Crippen LogP contribution is -2.51. The maximum absolute atomic E-state index is 14.0. The number of carbonyl (C=O) groups is 6. The van der Waals surface area contributed by atoms with Crippen molar-refractivity contribution in [2.75, 3.05) is 13.6 Å². The van der Waals surface area contributed by atoms with Crippen LogP contribution in [-0.4, -0.2) is 82.2 Å². The van der Waals surface area contributed by atoms with Crippen molar-refractivity contribution in [3.63, 3.8) is 0 Å². The normalized spacial score (nSPS) is 17.0. The summed E-state index contributed by atoms with van der Waals surface area (Å²) in [5.74, 6) is -6.36. The highest BCUT2D eigenvalue weighted by Gasteiger charge is 2.39. The Labute approximate surface area is 276 Å². The zero-order chi connectivity index (χ0) is 34.5. The van der Waals surface area contributed by atoms with Gasteiger partial charge in [0, 0.05) is 25.3 Å². The predicted molar refractivity (Wildman–Crippen MR) is 175 cm³/mol. The third-order valence-electron chi connectivity index (χ3n) is 8.61. The van der Waals surface area contributed by atoms with E-state index in [4.69, 9.17) is 0 Å². The SMILES string of the molecule is CN[C@@H](CC(C)C)C(=O)N1CCC[C@H]1C(=O)CC(Cc1ccccc1)C(=O)N[C@@H](Cc1ccccc1)C(=O)C[C@@H](CC(=O)O)C(=O)O. The summed E-state index contributed by atoms with van der Waals surface area (Å²) in [4.78, 5) is 79.4. The highest BCUT2D eigenvalue weighted by atomic mass is 16.4. The fourth-order valence-electron chi connectivity index (χ4n) is 6.14. The van der Waals surface area contributed by atoms with Gasteiger partial charge in [-0.2, -0.15) is 0 Å². The van der Waals surface area contributed by atoms with E-state index < -0.39 is 66.4 Å². The lowest BCUT2D eigenvalue weighted by atomic mass is 9.89. The lowest BCUT2D eigenvalue weighted by molar-refractivity contribution is -0.149. The van der Waals surface area contributed by atoms with Crippen LogP contribution < -0.4 is 10.6 Å². The number of nitrogens with zero attached hydrogens (tertiary/aromatic N) is 1. The zero-order valence-corrected chi connectivity index (χ0v) is 27.4. The van der Waals surface area contributed by atoms with E-state index >= 15 is 0 Å². The van der Waals surface area contributed by atoms with Crippen LogP contribution >= 0.6 is 0 Å². The molecule has 0 spiro atoms. The molecule has 0 radical (unpaired) electrons. The molecule has 1 fully saturated rings. The molecule has 47 heavy (non-hydrogen) atoms. The number of hydrogen-bond acceptors (Lipinski definition) is 7. The van der Waals surface area contributed by atoms with Gasteiger partial charge >= 0.3 is 11.9 Å². The van der Waals surface area contributed by atoms with Crippen LogP contribution in [0.25, 0.3) is 0 Å². The number of benzene rings is 2. The Morgan fingerprint density at radius 3 is 1.94 bits per heavy atom. The minimum Gasteiger partial charge on any atom is -0.481 e. The molecule has 5 atom stereocenters. The quantitative estimate of drug-likeness (QED) is 0.178. The summed E-state index contributed by atoms with van der Waals surface area (Å²) in [7, 11) is 1.73. The van der Waals surface area contributed by atoms with Crippen molar-refractivity contribution in [3.8, 4) is 0 Å². The Hall–Kier alpha value is -4.38. The van der Waals surface area contributed by atoms with E-state index in [-0.39, 0.29) is 36.9 Å². The largest absolute Gasteiger partial charge is 0.481 e. The molecule has 254 valence electrons. The summed E-state index contributed by atoms with van der Waals surface area (Å²) >= 11 is 0. The lowest BCUT2D eigenvalue weighted by Gasteiger charge is -2.30. The second-order valence-corrected chi connectivity index (χ2v) is 12.8. The number of carboxylic acid groups (broad SMARTS) is 2. The fourth-order valence-corrected chi connectivity index (χ4v) is 6.14. The summed E-state index contributed by atoms with van der Waals surface area (Å²) in [5.41, 5.74) is 1.53. The van der Waals surface area contributed by atoms with Crippen LogP contribution in [0.15, 0.2) is 60.7 Å². The van der Waals surface area contributed by atoms with Crippen LogP contribution in [0.2, 0.25) is 0 Å². The average Bonchev–Trinajstić information content (AvgIpc) is 3.53. The molecule has 1 saturated heterocycles. The molecule has 0 aromatic heterocycles. The summed E-state index contributed by atoms with van der Waals surface area (Å²) < 4.78 is 0. The number of carboxylic acids is 2. The van der Waals surface area contributed by atoms with Crippen molar-refractivity contribution in [1.82, 2.24) is 15.5 Å². The molecule has 11 heteroatoms. The molecule has 2 aromatic carbocycles. The summed E-state index contributed by atoms with van der Waals surface area (Å²) in [6, 6.07) is 15.8. The Bertz CT molecular complexity index is 1380. The van der Waals surface area contributed by atoms with Crippen molar-refractivity contribution >= 4 is 35.3 Å². The minimum atomic E-state index is -1.46. The van der Waals surface area contributed by atoms with E-state index in [1.165, 1.54) is 0 Å². The first kappa shape index (κ1) is 37.1. The molecule has 2 aromatic rings. The van der Waals surface area contributed by atoms with Gasteiger partial charge in [0.15, 0.2) is 11.6 Å². The fraction of sp³-hybridized carbons (Fsp3) is 0.500.